The monoisotopic (exact) mass is 461 g/mol. The van der Waals surface area contributed by atoms with Gasteiger partial charge in [0.05, 0.1) is 12.9 Å². The Bertz CT molecular complexity index is 439. The number of nitrogens with two attached hydrogens (primary N) is 1. The first-order valence-electron chi connectivity index (χ1n) is 4.20. The molecule has 0 aliphatic carbocycles. The molecule has 0 unspecified atom stereocenters. The SMILES string of the molecule is CC(=NNC(N)=S)c1cc(I)c(O)c(I)c1. The molecule has 7 heteroatoms. The number of hydrogen-bond donors (Lipinski definition) is 3. The summed E-state index contributed by atoms with van der Waals surface area (Å²) >= 11 is 8.79. The van der Waals surface area contributed by atoms with Crippen molar-refractivity contribution in [1.29, 1.82) is 0 Å². The zero-order valence-electron chi connectivity index (χ0n) is 8.29. The van der Waals surface area contributed by atoms with Crippen molar-refractivity contribution in [2.45, 2.75) is 6.92 Å². The highest BCUT2D eigenvalue weighted by Crippen LogP contribution is 2.27. The summed E-state index contributed by atoms with van der Waals surface area (Å²) in [7, 11) is 0. The largest absolute Gasteiger partial charge is 0.506 e. The standard InChI is InChI=1S/C9H9I2N3OS/c1-4(13-14-9(12)16)5-2-6(10)8(15)7(11)3-5/h2-3,15H,1H3,(H3,12,14,16). The molecule has 0 amide bonds. The first-order valence-corrected chi connectivity index (χ1v) is 6.76. The molecule has 4 N–H and O–H groups in total. The third-order valence-electron chi connectivity index (χ3n) is 1.77. The topological polar surface area (TPSA) is 70.6 Å². The van der Waals surface area contributed by atoms with Crippen molar-refractivity contribution in [3.63, 3.8) is 0 Å². The van der Waals surface area contributed by atoms with Crippen LogP contribution in [0.1, 0.15) is 12.5 Å². The average molecular weight is 461 g/mol. The Balaban J connectivity index is 3.05. The summed E-state index contributed by atoms with van der Waals surface area (Å²) in [5.41, 5.74) is 9.47. The number of aromatic hydroxyl groups is 1. The molecule has 0 radical (unpaired) electrons. The summed E-state index contributed by atoms with van der Waals surface area (Å²) in [6, 6.07) is 3.69. The van der Waals surface area contributed by atoms with Gasteiger partial charge in [-0.3, -0.25) is 5.43 Å². The molecule has 0 aliphatic rings. The number of hydrazone groups is 1. The summed E-state index contributed by atoms with van der Waals surface area (Å²) in [6.07, 6.45) is 0. The Morgan fingerprint density at radius 1 is 1.44 bits per heavy atom. The third-order valence-corrected chi connectivity index (χ3v) is 3.50. The predicted molar refractivity (Wildman–Crippen MR) is 85.7 cm³/mol. The Hall–Kier alpha value is -0.160. The molecule has 0 fully saturated rings. The Kier molecular flexibility index (Phi) is 5.18. The second kappa shape index (κ2) is 5.96. The average Bonchev–Trinajstić information content (AvgIpc) is 2.21. The molecule has 16 heavy (non-hydrogen) atoms. The molecule has 0 saturated heterocycles. The lowest BCUT2D eigenvalue weighted by molar-refractivity contribution is 0.467. The fraction of sp³-hybridized carbons (Fsp3) is 0.111. The minimum atomic E-state index is 0.127. The van der Waals surface area contributed by atoms with Gasteiger partial charge in [-0.15, -0.1) is 0 Å². The van der Waals surface area contributed by atoms with Gasteiger partial charge in [-0.1, -0.05) is 0 Å². The van der Waals surface area contributed by atoms with Crippen molar-refractivity contribution in [3.8, 4) is 5.75 Å². The van der Waals surface area contributed by atoms with E-state index in [0.717, 1.165) is 18.4 Å². The van der Waals surface area contributed by atoms with E-state index in [1.165, 1.54) is 0 Å². The molecular formula is C9H9I2N3OS. The first-order chi connectivity index (χ1) is 7.41. The zero-order valence-corrected chi connectivity index (χ0v) is 13.4. The Morgan fingerprint density at radius 3 is 2.38 bits per heavy atom. The minimum absolute atomic E-state index is 0.127. The molecule has 0 atom stereocenters. The number of nitrogens with zero attached hydrogens (tertiary/aromatic N) is 1. The number of halogens is 2. The van der Waals surface area contributed by atoms with E-state index in [-0.39, 0.29) is 5.11 Å². The van der Waals surface area contributed by atoms with Crippen molar-refractivity contribution >= 4 is 68.2 Å². The lowest BCUT2D eigenvalue weighted by Crippen LogP contribution is -2.25. The molecule has 0 aromatic heterocycles. The van der Waals surface area contributed by atoms with Crippen molar-refractivity contribution in [3.05, 3.63) is 24.8 Å². The number of hydrogen-bond acceptors (Lipinski definition) is 3. The minimum Gasteiger partial charge on any atom is -0.506 e. The van der Waals surface area contributed by atoms with Gasteiger partial charge >= 0.3 is 0 Å². The number of benzene rings is 1. The van der Waals surface area contributed by atoms with Crippen molar-refractivity contribution < 1.29 is 5.11 Å². The van der Waals surface area contributed by atoms with Crippen molar-refractivity contribution in [1.82, 2.24) is 5.43 Å². The highest BCUT2D eigenvalue weighted by atomic mass is 127. The second-order valence-electron chi connectivity index (χ2n) is 2.96. The van der Waals surface area contributed by atoms with Crippen LogP contribution >= 0.6 is 57.4 Å². The number of thiocarbonyl (C=S) groups is 1. The van der Waals surface area contributed by atoms with Gasteiger partial charge in [0, 0.05) is 0 Å². The fourth-order valence-corrected chi connectivity index (χ4v) is 2.79. The van der Waals surface area contributed by atoms with E-state index in [1.54, 1.807) is 0 Å². The number of phenolic OH excluding ortho intramolecular Hbond substituents is 1. The molecule has 1 aromatic carbocycles. The molecule has 0 aliphatic heterocycles. The fourth-order valence-electron chi connectivity index (χ4n) is 0.978. The molecule has 1 aromatic rings. The molecule has 0 saturated carbocycles. The van der Waals surface area contributed by atoms with E-state index in [1.807, 2.05) is 19.1 Å². The van der Waals surface area contributed by atoms with Gasteiger partial charge in [0.2, 0.25) is 0 Å². The first kappa shape index (κ1) is 13.9. The maximum absolute atomic E-state index is 9.62. The maximum atomic E-state index is 9.62. The normalized spacial score (nSPS) is 11.3. The van der Waals surface area contributed by atoms with E-state index in [2.05, 4.69) is 67.9 Å². The van der Waals surface area contributed by atoms with Crippen LogP contribution < -0.4 is 11.2 Å². The van der Waals surface area contributed by atoms with Gasteiger partial charge in [-0.25, -0.2) is 0 Å². The molecule has 0 heterocycles. The molecular weight excluding hydrogens is 452 g/mol. The lowest BCUT2D eigenvalue weighted by Gasteiger charge is -2.06. The molecule has 86 valence electrons. The summed E-state index contributed by atoms with van der Waals surface area (Å²) in [5.74, 6) is 0.292. The smallest absolute Gasteiger partial charge is 0.184 e. The second-order valence-corrected chi connectivity index (χ2v) is 5.73. The van der Waals surface area contributed by atoms with Crippen molar-refractivity contribution in [2.75, 3.05) is 0 Å². The van der Waals surface area contributed by atoms with E-state index in [0.29, 0.717) is 5.75 Å². The lowest BCUT2D eigenvalue weighted by atomic mass is 10.1. The van der Waals surface area contributed by atoms with Crippen LogP contribution in [-0.2, 0) is 0 Å². The van der Waals surface area contributed by atoms with Crippen LogP contribution in [0.4, 0.5) is 0 Å². The van der Waals surface area contributed by atoms with Gasteiger partial charge in [0.1, 0.15) is 5.75 Å². The summed E-state index contributed by atoms with van der Waals surface area (Å²) < 4.78 is 1.56. The Morgan fingerprint density at radius 2 is 1.94 bits per heavy atom. The summed E-state index contributed by atoms with van der Waals surface area (Å²) in [5, 5.41) is 13.8. The third kappa shape index (κ3) is 3.70. The quantitative estimate of drug-likeness (QED) is 0.274. The number of nitrogens with one attached hydrogen (secondary N) is 1. The van der Waals surface area contributed by atoms with Crippen LogP contribution in [0, 0.1) is 7.14 Å². The van der Waals surface area contributed by atoms with Crippen LogP contribution in [0.15, 0.2) is 17.2 Å². The van der Waals surface area contributed by atoms with Gasteiger partial charge in [-0.05, 0) is 82.0 Å². The molecule has 0 spiro atoms. The zero-order chi connectivity index (χ0) is 12.3. The summed E-state index contributed by atoms with van der Waals surface area (Å²) in [6.45, 7) is 1.84. The van der Waals surface area contributed by atoms with Crippen LogP contribution in [0.2, 0.25) is 0 Å². The van der Waals surface area contributed by atoms with Crippen molar-refractivity contribution in [2.24, 2.45) is 10.8 Å². The van der Waals surface area contributed by atoms with E-state index in [4.69, 9.17) is 5.73 Å². The highest BCUT2D eigenvalue weighted by molar-refractivity contribution is 14.1. The molecule has 1 rings (SSSR count). The van der Waals surface area contributed by atoms with Gasteiger partial charge in [-0.2, -0.15) is 5.10 Å². The van der Waals surface area contributed by atoms with Crippen LogP contribution in [0.25, 0.3) is 0 Å². The Labute approximate surface area is 126 Å². The molecule has 4 nitrogen and oxygen atoms in total. The summed E-state index contributed by atoms with van der Waals surface area (Å²) in [4.78, 5) is 0. The number of rotatable bonds is 2. The van der Waals surface area contributed by atoms with Gasteiger partial charge in [0.25, 0.3) is 0 Å². The van der Waals surface area contributed by atoms with Crippen LogP contribution in [0.3, 0.4) is 0 Å². The van der Waals surface area contributed by atoms with E-state index in [9.17, 15) is 5.11 Å². The molecule has 0 bridgehead atoms. The highest BCUT2D eigenvalue weighted by Gasteiger charge is 2.07. The van der Waals surface area contributed by atoms with E-state index < -0.39 is 0 Å². The van der Waals surface area contributed by atoms with Crippen LogP contribution in [0.5, 0.6) is 5.75 Å². The maximum Gasteiger partial charge on any atom is 0.184 e. The van der Waals surface area contributed by atoms with E-state index >= 15 is 0 Å². The predicted octanol–water partition coefficient (Wildman–Crippen LogP) is 2.16. The van der Waals surface area contributed by atoms with Gasteiger partial charge in [0.15, 0.2) is 5.11 Å². The number of phenols is 1. The van der Waals surface area contributed by atoms with Crippen LogP contribution in [-0.4, -0.2) is 15.9 Å². The van der Waals surface area contributed by atoms with Gasteiger partial charge < -0.3 is 10.8 Å².